The van der Waals surface area contributed by atoms with Crippen LogP contribution in [0.4, 0.5) is 0 Å². The maximum Gasteiger partial charge on any atom is 0.115 e. The minimum Gasteiger partial charge on any atom is -0.0812 e. The Morgan fingerprint density at radius 2 is 1.02 bits per heavy atom. The summed E-state index contributed by atoms with van der Waals surface area (Å²) in [7, 11) is 6.77. The molecule has 0 N–H and O–H groups in total. The van der Waals surface area contributed by atoms with Crippen LogP contribution in [-0.4, -0.2) is 7.85 Å². The predicted octanol–water partition coefficient (Wildman–Crippen LogP) is 9.66. The van der Waals surface area contributed by atoms with Crippen molar-refractivity contribution >= 4 is 45.6 Å². The zero-order valence-electron chi connectivity index (χ0n) is 22.7. The van der Waals surface area contributed by atoms with Gasteiger partial charge in [-0.15, -0.1) is 0 Å². The minimum atomic E-state index is 0.651. The van der Waals surface area contributed by atoms with Crippen molar-refractivity contribution in [1.29, 1.82) is 0 Å². The largest absolute Gasteiger partial charge is 0.115 e. The van der Waals surface area contributed by atoms with E-state index in [-0.39, 0.29) is 0 Å². The summed E-state index contributed by atoms with van der Waals surface area (Å²) in [5.74, 6) is 3.03. The highest BCUT2D eigenvalue weighted by Crippen LogP contribution is 2.56. The van der Waals surface area contributed by atoms with Gasteiger partial charge >= 0.3 is 0 Å². The third kappa shape index (κ3) is 3.27. The van der Waals surface area contributed by atoms with Crippen LogP contribution in [0.1, 0.15) is 55.1 Å². The third-order valence-electron chi connectivity index (χ3n) is 10.6. The molecule has 4 bridgehead atoms. The normalized spacial score (nSPS) is 23.1. The SMILES string of the molecule is [B]c1c2ccccc2c(-c2ccc3c(c2)-c2c(ccc4ccccc24)C2CC4CC(CC3C4)C2)c2ccccc12. The van der Waals surface area contributed by atoms with Crippen molar-refractivity contribution in [3.63, 3.8) is 0 Å². The molecule has 190 valence electrons. The molecule has 6 aromatic rings. The number of fused-ring (bicyclic) bond motifs is 3. The Bertz CT molecular complexity index is 1910. The van der Waals surface area contributed by atoms with E-state index in [0.29, 0.717) is 11.8 Å². The molecule has 0 spiro atoms. The first-order chi connectivity index (χ1) is 19.7. The van der Waals surface area contributed by atoms with Gasteiger partial charge in [0.1, 0.15) is 7.85 Å². The highest BCUT2D eigenvalue weighted by atomic mass is 14.4. The Kier molecular flexibility index (Phi) is 4.92. The second-order valence-corrected chi connectivity index (χ2v) is 12.7. The van der Waals surface area contributed by atoms with Gasteiger partial charge in [-0.3, -0.25) is 0 Å². The van der Waals surface area contributed by atoms with Gasteiger partial charge < -0.3 is 0 Å². The van der Waals surface area contributed by atoms with E-state index >= 15 is 0 Å². The van der Waals surface area contributed by atoms with E-state index in [0.717, 1.165) is 28.1 Å². The van der Waals surface area contributed by atoms with E-state index in [1.807, 2.05) is 0 Å². The molecule has 2 saturated carbocycles. The monoisotopic (exact) mass is 510 g/mol. The Morgan fingerprint density at radius 3 is 1.70 bits per heavy atom. The second kappa shape index (κ2) is 8.58. The van der Waals surface area contributed by atoms with Crippen molar-refractivity contribution in [3.8, 4) is 22.3 Å². The van der Waals surface area contributed by atoms with E-state index in [2.05, 4.69) is 103 Å². The summed E-state index contributed by atoms with van der Waals surface area (Å²) in [6.45, 7) is 0. The average molecular weight is 510 g/mol. The zero-order chi connectivity index (χ0) is 26.4. The van der Waals surface area contributed by atoms with Crippen molar-refractivity contribution in [2.75, 3.05) is 0 Å². The Hall–Kier alpha value is -3.84. The summed E-state index contributed by atoms with van der Waals surface area (Å²) >= 11 is 0. The van der Waals surface area contributed by atoms with Crippen molar-refractivity contribution < 1.29 is 0 Å². The fourth-order valence-electron chi connectivity index (χ4n) is 9.05. The molecule has 1 heteroatoms. The van der Waals surface area contributed by atoms with E-state index in [4.69, 9.17) is 7.85 Å². The fourth-order valence-corrected chi connectivity index (χ4v) is 9.05. The standard InChI is InChI=1S/C39H31B/c40-39-34-11-5-3-9-32(34)37(33-10-4-6-12-35(33)39)26-14-15-29-27-18-23-17-24(19-27)21-28(20-23)31-16-13-25-7-1-2-8-30(25)38(31)36(29)22-26/h1-16,22-24,27-28H,17-21H2. The van der Waals surface area contributed by atoms with Crippen molar-refractivity contribution in [2.45, 2.75) is 43.9 Å². The van der Waals surface area contributed by atoms with Gasteiger partial charge in [-0.1, -0.05) is 103 Å². The molecule has 4 aliphatic rings. The number of benzene rings is 6. The molecule has 2 fully saturated rings. The number of rotatable bonds is 1. The van der Waals surface area contributed by atoms with Crippen molar-refractivity contribution in [2.24, 2.45) is 11.8 Å². The average Bonchev–Trinajstić information content (AvgIpc) is 3.05. The summed E-state index contributed by atoms with van der Waals surface area (Å²) in [6.07, 6.45) is 6.84. The molecule has 0 heterocycles. The molecule has 0 saturated heterocycles. The summed E-state index contributed by atoms with van der Waals surface area (Å²) < 4.78 is 0. The molecule has 2 atom stereocenters. The van der Waals surface area contributed by atoms with E-state index in [1.54, 1.807) is 11.1 Å². The van der Waals surface area contributed by atoms with Crippen LogP contribution in [0.3, 0.4) is 0 Å². The number of hydrogen-bond acceptors (Lipinski definition) is 0. The maximum atomic E-state index is 6.77. The van der Waals surface area contributed by atoms with Crippen LogP contribution in [0.15, 0.2) is 103 Å². The highest BCUT2D eigenvalue weighted by molar-refractivity contribution is 6.46. The molecule has 0 aliphatic heterocycles. The van der Waals surface area contributed by atoms with Crippen LogP contribution in [-0.2, 0) is 0 Å². The lowest BCUT2D eigenvalue weighted by atomic mass is 9.63. The Labute approximate surface area is 237 Å². The predicted molar refractivity (Wildman–Crippen MR) is 171 cm³/mol. The lowest BCUT2D eigenvalue weighted by Gasteiger charge is -2.42. The van der Waals surface area contributed by atoms with Crippen LogP contribution < -0.4 is 5.46 Å². The summed E-state index contributed by atoms with van der Waals surface area (Å²) in [4.78, 5) is 0. The first-order valence-corrected chi connectivity index (χ1v) is 15.1. The van der Waals surface area contributed by atoms with E-state index < -0.39 is 0 Å². The Morgan fingerprint density at radius 1 is 0.475 bits per heavy atom. The van der Waals surface area contributed by atoms with Gasteiger partial charge in [0, 0.05) is 0 Å². The van der Waals surface area contributed by atoms with Crippen molar-refractivity contribution in [1.82, 2.24) is 0 Å². The van der Waals surface area contributed by atoms with E-state index in [9.17, 15) is 0 Å². The highest BCUT2D eigenvalue weighted by Gasteiger charge is 2.40. The fraction of sp³-hybridized carbons (Fsp3) is 0.231. The molecule has 6 aromatic carbocycles. The van der Waals surface area contributed by atoms with E-state index in [1.165, 1.54) is 75.9 Å². The van der Waals surface area contributed by atoms with Gasteiger partial charge in [0.05, 0.1) is 0 Å². The van der Waals surface area contributed by atoms with Crippen molar-refractivity contribution in [3.05, 3.63) is 114 Å². The van der Waals surface area contributed by atoms with Crippen LogP contribution in [0, 0.1) is 11.8 Å². The van der Waals surface area contributed by atoms with Gasteiger partial charge in [0.15, 0.2) is 0 Å². The molecule has 10 rings (SSSR count). The van der Waals surface area contributed by atoms with Gasteiger partial charge in [-0.05, 0) is 128 Å². The molecular formula is C39H31B. The minimum absolute atomic E-state index is 0.651. The zero-order valence-corrected chi connectivity index (χ0v) is 22.7. The molecule has 40 heavy (non-hydrogen) atoms. The van der Waals surface area contributed by atoms with Gasteiger partial charge in [-0.2, -0.15) is 0 Å². The summed E-state index contributed by atoms with van der Waals surface area (Å²) in [5.41, 5.74) is 9.59. The van der Waals surface area contributed by atoms with Crippen LogP contribution in [0.2, 0.25) is 0 Å². The summed E-state index contributed by atoms with van der Waals surface area (Å²) in [5, 5.41) is 7.51. The smallest absolute Gasteiger partial charge is 0.0812 e. The second-order valence-electron chi connectivity index (χ2n) is 12.7. The van der Waals surface area contributed by atoms with Crippen LogP contribution in [0.5, 0.6) is 0 Å². The molecule has 0 nitrogen and oxygen atoms in total. The first kappa shape index (κ1) is 22.9. The lowest BCUT2D eigenvalue weighted by Crippen LogP contribution is -2.29. The van der Waals surface area contributed by atoms with Gasteiger partial charge in [0.25, 0.3) is 0 Å². The molecule has 0 amide bonds. The summed E-state index contributed by atoms with van der Waals surface area (Å²) in [6, 6.07) is 38.8. The van der Waals surface area contributed by atoms with Crippen LogP contribution in [0.25, 0.3) is 54.6 Å². The van der Waals surface area contributed by atoms with Gasteiger partial charge in [0.2, 0.25) is 0 Å². The molecule has 2 radical (unpaired) electrons. The molecule has 4 aliphatic carbocycles. The molecule has 2 unspecified atom stereocenters. The lowest BCUT2D eigenvalue weighted by molar-refractivity contribution is 0.153. The quantitative estimate of drug-likeness (QED) is 0.153. The first-order valence-electron chi connectivity index (χ1n) is 15.1. The molecular weight excluding hydrogens is 479 g/mol. The number of hydrogen-bond donors (Lipinski definition) is 0. The topological polar surface area (TPSA) is 0 Å². The molecule has 0 aromatic heterocycles. The van der Waals surface area contributed by atoms with Crippen LogP contribution >= 0.6 is 0 Å². The third-order valence-corrected chi connectivity index (χ3v) is 10.6. The maximum absolute atomic E-state index is 6.77. The van der Waals surface area contributed by atoms with Gasteiger partial charge in [-0.25, -0.2) is 0 Å². The Balaban J connectivity index is 1.40.